The van der Waals surface area contributed by atoms with Crippen LogP contribution in [0.3, 0.4) is 0 Å². The van der Waals surface area contributed by atoms with Crippen LogP contribution in [-0.2, 0) is 16.4 Å². The quantitative estimate of drug-likeness (QED) is 0.875. The number of sulfonamides is 1. The Morgan fingerprint density at radius 2 is 1.54 bits per heavy atom. The fourth-order valence-corrected chi connectivity index (χ4v) is 4.09. The first-order chi connectivity index (χ1) is 11.6. The average molecular weight is 344 g/mol. The smallest absolute Gasteiger partial charge is 0.240 e. The molecule has 0 atom stereocenters. The van der Waals surface area contributed by atoms with Gasteiger partial charge in [-0.2, -0.15) is 0 Å². The number of nitrogens with one attached hydrogen (secondary N) is 1. The number of rotatable bonds is 6. The van der Waals surface area contributed by atoms with E-state index in [4.69, 9.17) is 0 Å². The van der Waals surface area contributed by atoms with Gasteiger partial charge in [-0.05, 0) is 55.5 Å². The molecule has 0 aromatic heterocycles. The van der Waals surface area contributed by atoms with Gasteiger partial charge in [0.25, 0.3) is 0 Å². The minimum atomic E-state index is -3.41. The van der Waals surface area contributed by atoms with Crippen molar-refractivity contribution in [3.63, 3.8) is 0 Å². The first-order valence-corrected chi connectivity index (χ1v) is 10.0. The molecule has 0 radical (unpaired) electrons. The summed E-state index contributed by atoms with van der Waals surface area (Å²) in [6.07, 6.45) is 4.55. The molecule has 2 aromatic rings. The summed E-state index contributed by atoms with van der Waals surface area (Å²) in [5.74, 6) is 0. The largest absolute Gasteiger partial charge is 0.372 e. The molecule has 1 heterocycles. The van der Waals surface area contributed by atoms with Crippen LogP contribution in [0.1, 0.15) is 24.8 Å². The van der Waals surface area contributed by atoms with Crippen LogP contribution in [0, 0.1) is 0 Å². The Balaban J connectivity index is 1.53. The highest BCUT2D eigenvalue weighted by atomic mass is 32.2. The van der Waals surface area contributed by atoms with Gasteiger partial charge in [0.1, 0.15) is 0 Å². The van der Waals surface area contributed by atoms with Gasteiger partial charge in [0.2, 0.25) is 10.0 Å². The van der Waals surface area contributed by atoms with Gasteiger partial charge in [0.15, 0.2) is 0 Å². The summed E-state index contributed by atoms with van der Waals surface area (Å²) in [6.45, 7) is 2.67. The van der Waals surface area contributed by atoms with Gasteiger partial charge in [0, 0.05) is 25.3 Å². The standard InChI is InChI=1S/C19H24N2O2S/c22-24(23,19-7-3-1-4-8-19)20-14-13-17-9-11-18(12-10-17)21-15-5-2-6-16-21/h1,3-4,7-12,20H,2,5-6,13-16H2. The van der Waals surface area contributed by atoms with Gasteiger partial charge in [0.05, 0.1) is 4.90 Å². The van der Waals surface area contributed by atoms with Crippen molar-refractivity contribution in [1.29, 1.82) is 0 Å². The summed E-state index contributed by atoms with van der Waals surface area (Å²) >= 11 is 0. The molecule has 5 heteroatoms. The van der Waals surface area contributed by atoms with Crippen LogP contribution in [0.25, 0.3) is 0 Å². The Morgan fingerprint density at radius 1 is 0.875 bits per heavy atom. The van der Waals surface area contributed by atoms with Crippen molar-refractivity contribution in [2.75, 3.05) is 24.5 Å². The number of benzene rings is 2. The van der Waals surface area contributed by atoms with Crippen molar-refractivity contribution in [3.8, 4) is 0 Å². The van der Waals surface area contributed by atoms with Crippen LogP contribution >= 0.6 is 0 Å². The Kier molecular flexibility index (Phi) is 5.53. The lowest BCUT2D eigenvalue weighted by atomic mass is 10.1. The molecule has 128 valence electrons. The zero-order valence-corrected chi connectivity index (χ0v) is 14.6. The minimum absolute atomic E-state index is 0.311. The van der Waals surface area contributed by atoms with Gasteiger partial charge in [-0.3, -0.25) is 0 Å². The molecule has 1 N–H and O–H groups in total. The van der Waals surface area contributed by atoms with Gasteiger partial charge in [-0.25, -0.2) is 13.1 Å². The van der Waals surface area contributed by atoms with Crippen LogP contribution in [0.2, 0.25) is 0 Å². The van der Waals surface area contributed by atoms with E-state index in [9.17, 15) is 8.42 Å². The summed E-state index contributed by atoms with van der Waals surface area (Å²) < 4.78 is 27.0. The van der Waals surface area contributed by atoms with E-state index in [2.05, 4.69) is 33.9 Å². The molecule has 0 bridgehead atoms. The van der Waals surface area contributed by atoms with Gasteiger partial charge < -0.3 is 4.90 Å². The van der Waals surface area contributed by atoms with E-state index < -0.39 is 10.0 Å². The third-order valence-electron chi connectivity index (χ3n) is 4.42. The van der Waals surface area contributed by atoms with Gasteiger partial charge >= 0.3 is 0 Å². The Hall–Kier alpha value is -1.85. The van der Waals surface area contributed by atoms with Gasteiger partial charge in [-0.1, -0.05) is 30.3 Å². The van der Waals surface area contributed by atoms with E-state index in [0.29, 0.717) is 17.9 Å². The van der Waals surface area contributed by atoms with E-state index in [1.165, 1.54) is 24.9 Å². The topological polar surface area (TPSA) is 49.4 Å². The first-order valence-electron chi connectivity index (χ1n) is 8.54. The Morgan fingerprint density at radius 3 is 2.21 bits per heavy atom. The van der Waals surface area contributed by atoms with Gasteiger partial charge in [-0.15, -0.1) is 0 Å². The van der Waals surface area contributed by atoms with E-state index in [1.54, 1.807) is 24.3 Å². The fourth-order valence-electron chi connectivity index (χ4n) is 3.04. The van der Waals surface area contributed by atoms with Crippen LogP contribution in [0.4, 0.5) is 5.69 Å². The highest BCUT2D eigenvalue weighted by Crippen LogP contribution is 2.20. The average Bonchev–Trinajstić information content (AvgIpc) is 2.64. The molecule has 24 heavy (non-hydrogen) atoms. The van der Waals surface area contributed by atoms with Crippen molar-refractivity contribution < 1.29 is 8.42 Å². The van der Waals surface area contributed by atoms with Crippen LogP contribution in [-0.4, -0.2) is 28.1 Å². The molecule has 1 saturated heterocycles. The fraction of sp³-hybridized carbons (Fsp3) is 0.368. The van der Waals surface area contributed by atoms with E-state index >= 15 is 0 Å². The molecule has 0 saturated carbocycles. The third kappa shape index (κ3) is 4.36. The number of piperidine rings is 1. The lowest BCUT2D eigenvalue weighted by molar-refractivity contribution is 0.577. The lowest BCUT2D eigenvalue weighted by Gasteiger charge is -2.28. The third-order valence-corrected chi connectivity index (χ3v) is 5.89. The maximum atomic E-state index is 12.2. The zero-order valence-electron chi connectivity index (χ0n) is 13.8. The zero-order chi connectivity index (χ0) is 16.8. The summed E-state index contributed by atoms with van der Waals surface area (Å²) in [7, 11) is -3.41. The maximum Gasteiger partial charge on any atom is 0.240 e. The molecule has 0 spiro atoms. The van der Waals surface area contributed by atoms with Crippen molar-refractivity contribution in [1.82, 2.24) is 4.72 Å². The summed E-state index contributed by atoms with van der Waals surface area (Å²) in [5, 5.41) is 0. The molecule has 2 aromatic carbocycles. The lowest BCUT2D eigenvalue weighted by Crippen LogP contribution is -2.29. The van der Waals surface area contributed by atoms with E-state index in [-0.39, 0.29) is 0 Å². The Bertz CT molecular complexity index is 737. The molecule has 1 aliphatic rings. The van der Waals surface area contributed by atoms with Crippen molar-refractivity contribution in [2.24, 2.45) is 0 Å². The van der Waals surface area contributed by atoms with Crippen molar-refractivity contribution >= 4 is 15.7 Å². The number of anilines is 1. The second-order valence-corrected chi connectivity index (χ2v) is 7.94. The molecular weight excluding hydrogens is 320 g/mol. The second-order valence-electron chi connectivity index (χ2n) is 6.17. The summed E-state index contributed by atoms with van der Waals surface area (Å²) in [4.78, 5) is 2.73. The van der Waals surface area contributed by atoms with E-state index in [1.807, 2.05) is 6.07 Å². The molecule has 0 amide bonds. The molecule has 1 fully saturated rings. The predicted molar refractivity (Wildman–Crippen MR) is 97.8 cm³/mol. The first kappa shape index (κ1) is 17.0. The second kappa shape index (κ2) is 7.81. The maximum absolute atomic E-state index is 12.2. The molecule has 0 unspecified atom stereocenters. The summed E-state index contributed by atoms with van der Waals surface area (Å²) in [6, 6.07) is 17.0. The molecule has 0 aliphatic carbocycles. The highest BCUT2D eigenvalue weighted by Gasteiger charge is 2.13. The predicted octanol–water partition coefficient (Wildman–Crippen LogP) is 3.20. The van der Waals surface area contributed by atoms with Crippen molar-refractivity contribution in [2.45, 2.75) is 30.6 Å². The number of nitrogens with zero attached hydrogens (tertiary/aromatic N) is 1. The van der Waals surface area contributed by atoms with Crippen LogP contribution in [0.5, 0.6) is 0 Å². The molecule has 3 rings (SSSR count). The molecule has 4 nitrogen and oxygen atoms in total. The Labute approximate surface area is 144 Å². The van der Waals surface area contributed by atoms with E-state index in [0.717, 1.165) is 18.7 Å². The number of hydrogen-bond acceptors (Lipinski definition) is 3. The summed E-state index contributed by atoms with van der Waals surface area (Å²) in [5.41, 5.74) is 2.41. The van der Waals surface area contributed by atoms with Crippen LogP contribution < -0.4 is 9.62 Å². The molecular formula is C19H24N2O2S. The minimum Gasteiger partial charge on any atom is -0.372 e. The van der Waals surface area contributed by atoms with Crippen molar-refractivity contribution in [3.05, 3.63) is 60.2 Å². The van der Waals surface area contributed by atoms with Crippen LogP contribution in [0.15, 0.2) is 59.5 Å². The monoisotopic (exact) mass is 344 g/mol. The molecule has 1 aliphatic heterocycles. The SMILES string of the molecule is O=S(=O)(NCCc1ccc(N2CCCCC2)cc1)c1ccccc1. The normalized spacial score (nSPS) is 15.4. The highest BCUT2D eigenvalue weighted by molar-refractivity contribution is 7.89. The number of hydrogen-bond donors (Lipinski definition) is 1.